The maximum absolute atomic E-state index is 14.2. The average Bonchev–Trinajstić information content (AvgIpc) is 2.79. The molecule has 31 heavy (non-hydrogen) atoms. The minimum atomic E-state index is -0.648. The molecule has 2 aromatic carbocycles. The number of anilines is 1. The van der Waals surface area contributed by atoms with E-state index in [1.54, 1.807) is 24.1 Å². The number of ether oxygens (including phenoxy) is 1. The number of carbonyl (C=O) groups is 1. The fraction of sp³-hybridized carbons (Fsp3) is 0.292. The third-order valence-electron chi connectivity index (χ3n) is 4.82. The molecule has 162 valence electrons. The highest BCUT2D eigenvalue weighted by atomic mass is 19.1. The van der Waals surface area contributed by atoms with Crippen LogP contribution >= 0.6 is 0 Å². The zero-order valence-corrected chi connectivity index (χ0v) is 17.8. The predicted octanol–water partition coefficient (Wildman–Crippen LogP) is 4.75. The Morgan fingerprint density at radius 1 is 1.23 bits per heavy atom. The molecule has 7 heteroatoms. The third kappa shape index (κ3) is 6.68. The smallest absolute Gasteiger partial charge is 0.207 e. The molecule has 1 amide bonds. The van der Waals surface area contributed by atoms with E-state index in [0.717, 1.165) is 37.1 Å². The number of rotatable bonds is 11. The van der Waals surface area contributed by atoms with Crippen LogP contribution in [0, 0.1) is 22.6 Å². The average molecular weight is 423 g/mol. The van der Waals surface area contributed by atoms with Gasteiger partial charge in [-0.25, -0.2) is 4.39 Å². The van der Waals surface area contributed by atoms with Gasteiger partial charge < -0.3 is 10.1 Å². The summed E-state index contributed by atoms with van der Waals surface area (Å²) in [6.45, 7) is 2.58. The molecule has 0 aliphatic carbocycles. The van der Waals surface area contributed by atoms with Crippen molar-refractivity contribution in [3.8, 4) is 11.8 Å². The number of benzene rings is 2. The molecular formula is C24H27FN4O2. The monoisotopic (exact) mass is 422 g/mol. The van der Waals surface area contributed by atoms with Crippen molar-refractivity contribution in [3.05, 3.63) is 71.2 Å². The lowest BCUT2D eigenvalue weighted by molar-refractivity contribution is -0.109. The summed E-state index contributed by atoms with van der Waals surface area (Å²) < 4.78 is 19.4. The first-order valence-electron chi connectivity index (χ1n) is 10.1. The zero-order valence-electron chi connectivity index (χ0n) is 17.8. The van der Waals surface area contributed by atoms with E-state index < -0.39 is 5.82 Å². The van der Waals surface area contributed by atoms with E-state index in [4.69, 9.17) is 15.4 Å². The lowest BCUT2D eigenvalue weighted by Gasteiger charge is -2.27. The van der Waals surface area contributed by atoms with Crippen molar-refractivity contribution in [2.75, 3.05) is 18.6 Å². The number of nitriles is 1. The van der Waals surface area contributed by atoms with Gasteiger partial charge in [0.25, 0.3) is 0 Å². The molecule has 0 atom stereocenters. The van der Waals surface area contributed by atoms with Crippen LogP contribution in [0.3, 0.4) is 0 Å². The number of hydrogen-bond donors (Lipinski definition) is 2. The molecule has 2 N–H and O–H groups in total. The Hall–Kier alpha value is -3.66. The molecule has 0 saturated heterocycles. The van der Waals surface area contributed by atoms with Crippen LogP contribution in [0.5, 0.6) is 5.75 Å². The van der Waals surface area contributed by atoms with Gasteiger partial charge in [0.15, 0.2) is 0 Å². The molecule has 0 saturated carbocycles. The van der Waals surface area contributed by atoms with Crippen LogP contribution in [0.2, 0.25) is 0 Å². The molecule has 0 unspecified atom stereocenters. The predicted molar refractivity (Wildman–Crippen MR) is 120 cm³/mol. The number of nitrogens with one attached hydrogen (secondary N) is 2. The molecule has 0 fully saturated rings. The Labute approximate surface area is 182 Å². The molecule has 0 aliphatic rings. The van der Waals surface area contributed by atoms with Crippen LogP contribution in [-0.2, 0) is 4.79 Å². The highest BCUT2D eigenvalue weighted by Crippen LogP contribution is 2.26. The Bertz CT molecular complexity index is 965. The number of halogens is 1. The van der Waals surface area contributed by atoms with Crippen LogP contribution in [-0.4, -0.2) is 25.9 Å². The number of methoxy groups -OCH3 is 1. The van der Waals surface area contributed by atoms with E-state index in [9.17, 15) is 9.18 Å². The molecule has 0 spiro atoms. The van der Waals surface area contributed by atoms with Crippen LogP contribution < -0.4 is 15.0 Å². The number of amides is 1. The number of hydrogen-bond acceptors (Lipinski definition) is 4. The summed E-state index contributed by atoms with van der Waals surface area (Å²) in [4.78, 5) is 12.0. The molecular weight excluding hydrogens is 395 g/mol. The van der Waals surface area contributed by atoms with Gasteiger partial charge in [0.2, 0.25) is 6.41 Å². The fourth-order valence-electron chi connectivity index (χ4n) is 3.13. The second-order valence-electron chi connectivity index (χ2n) is 6.96. The van der Waals surface area contributed by atoms with Gasteiger partial charge in [-0.2, -0.15) is 5.26 Å². The van der Waals surface area contributed by atoms with Gasteiger partial charge in [0, 0.05) is 23.5 Å². The van der Waals surface area contributed by atoms with Gasteiger partial charge in [-0.05, 0) is 68.7 Å². The van der Waals surface area contributed by atoms with Gasteiger partial charge >= 0.3 is 0 Å². The summed E-state index contributed by atoms with van der Waals surface area (Å²) in [7, 11) is 1.59. The lowest BCUT2D eigenvalue weighted by Crippen LogP contribution is -2.29. The highest BCUT2D eigenvalue weighted by molar-refractivity contribution is 6.09. The first-order valence-corrected chi connectivity index (χ1v) is 10.1. The van der Waals surface area contributed by atoms with Crippen LogP contribution in [0.25, 0.3) is 0 Å². The third-order valence-corrected chi connectivity index (χ3v) is 4.82. The van der Waals surface area contributed by atoms with Crippen molar-refractivity contribution in [1.82, 2.24) is 5.32 Å². The van der Waals surface area contributed by atoms with E-state index in [2.05, 4.69) is 5.32 Å². The number of unbranched alkanes of at least 4 members (excludes halogenated alkanes) is 3. The number of carbonyl (C=O) groups excluding carboxylic acids is 1. The second kappa shape index (κ2) is 12.1. The largest absolute Gasteiger partial charge is 0.497 e. The van der Waals surface area contributed by atoms with Crippen molar-refractivity contribution in [2.24, 2.45) is 0 Å². The summed E-state index contributed by atoms with van der Waals surface area (Å²) in [6, 6.07) is 13.3. The van der Waals surface area contributed by atoms with Crippen molar-refractivity contribution in [1.29, 1.82) is 10.7 Å². The molecule has 6 nitrogen and oxygen atoms in total. The standard InChI is InChI=1S/C24H27FN4O2/c1-18(7-5-3-4-6-14-28-17-30)29(21-10-12-22(31-2)13-11-21)24(27)19-8-9-20(16-26)23(25)15-19/h7-13,15,17,27H,3-6,14H2,1-2H3,(H,28,30)/b18-7+,27-24?. The van der Waals surface area contributed by atoms with E-state index in [-0.39, 0.29) is 11.4 Å². The van der Waals surface area contributed by atoms with E-state index in [1.165, 1.54) is 12.1 Å². The first-order chi connectivity index (χ1) is 15.0. The molecule has 0 aliphatic heterocycles. The van der Waals surface area contributed by atoms with E-state index in [1.807, 2.05) is 37.3 Å². The molecule has 0 radical (unpaired) electrons. The van der Waals surface area contributed by atoms with Crippen molar-refractivity contribution in [2.45, 2.75) is 32.6 Å². The number of allylic oxidation sites excluding steroid dienone is 2. The number of amidine groups is 1. The minimum Gasteiger partial charge on any atom is -0.497 e. The Morgan fingerprint density at radius 3 is 2.58 bits per heavy atom. The molecule has 0 bridgehead atoms. The summed E-state index contributed by atoms with van der Waals surface area (Å²) >= 11 is 0. The van der Waals surface area contributed by atoms with Gasteiger partial charge in [-0.3, -0.25) is 15.1 Å². The van der Waals surface area contributed by atoms with Crippen LogP contribution in [0.4, 0.5) is 10.1 Å². The summed E-state index contributed by atoms with van der Waals surface area (Å²) in [5.41, 5.74) is 1.91. The van der Waals surface area contributed by atoms with Crippen molar-refractivity contribution in [3.63, 3.8) is 0 Å². The van der Waals surface area contributed by atoms with Crippen molar-refractivity contribution >= 4 is 17.9 Å². The molecule has 2 aromatic rings. The lowest BCUT2D eigenvalue weighted by atomic mass is 10.1. The maximum Gasteiger partial charge on any atom is 0.207 e. The van der Waals surface area contributed by atoms with E-state index in [0.29, 0.717) is 24.3 Å². The van der Waals surface area contributed by atoms with Crippen molar-refractivity contribution < 1.29 is 13.9 Å². The van der Waals surface area contributed by atoms with E-state index >= 15 is 0 Å². The zero-order chi connectivity index (χ0) is 22.6. The van der Waals surface area contributed by atoms with Gasteiger partial charge in [-0.1, -0.05) is 12.5 Å². The summed E-state index contributed by atoms with van der Waals surface area (Å²) in [6.07, 6.45) is 6.40. The van der Waals surface area contributed by atoms with Crippen LogP contribution in [0.15, 0.2) is 54.2 Å². The first kappa shape index (κ1) is 23.6. The van der Waals surface area contributed by atoms with Gasteiger partial charge in [0.1, 0.15) is 23.5 Å². The summed E-state index contributed by atoms with van der Waals surface area (Å²) in [5.74, 6) is 0.160. The van der Waals surface area contributed by atoms with Crippen LogP contribution in [0.1, 0.15) is 43.7 Å². The minimum absolute atomic E-state index is 0.0520. The Kier molecular flexibility index (Phi) is 9.24. The van der Waals surface area contributed by atoms with Gasteiger partial charge in [-0.15, -0.1) is 0 Å². The topological polar surface area (TPSA) is 89.2 Å². The molecule has 0 heterocycles. The SMILES string of the molecule is COc1ccc(N(C(=N)c2ccc(C#N)c(F)c2)/C(C)=C/CCCCCNC=O)cc1. The molecule has 0 aromatic heterocycles. The summed E-state index contributed by atoms with van der Waals surface area (Å²) in [5, 5.41) is 20.3. The molecule has 2 rings (SSSR count). The number of nitrogens with zero attached hydrogens (tertiary/aromatic N) is 2. The highest BCUT2D eigenvalue weighted by Gasteiger charge is 2.18. The quantitative estimate of drug-likeness (QED) is 0.237. The normalized spacial score (nSPS) is 10.8. The second-order valence-corrected chi connectivity index (χ2v) is 6.96. The van der Waals surface area contributed by atoms with Gasteiger partial charge in [0.05, 0.1) is 12.7 Å². The fourth-order valence-corrected chi connectivity index (χ4v) is 3.13. The maximum atomic E-state index is 14.2. The Balaban J connectivity index is 2.24. The Morgan fingerprint density at radius 2 is 1.97 bits per heavy atom.